The molecule has 5 nitrogen and oxygen atoms in total. The zero-order valence-corrected chi connectivity index (χ0v) is 12.3. The smallest absolute Gasteiger partial charge is 0.317 e. The number of urea groups is 1. The lowest BCUT2D eigenvalue weighted by Crippen LogP contribution is -2.47. The summed E-state index contributed by atoms with van der Waals surface area (Å²) in [6, 6.07) is 0.165. The zero-order valence-electron chi connectivity index (χ0n) is 12.3. The monoisotopic (exact) mass is 282 g/mol. The van der Waals surface area contributed by atoms with Gasteiger partial charge < -0.3 is 15.3 Å². The third-order valence-corrected chi connectivity index (χ3v) is 4.79. The molecule has 1 aliphatic carbocycles. The van der Waals surface area contributed by atoms with E-state index in [0.717, 1.165) is 6.42 Å². The van der Waals surface area contributed by atoms with Crippen LogP contribution < -0.4 is 5.32 Å². The molecule has 2 rings (SSSR count). The molecule has 114 valence electrons. The van der Waals surface area contributed by atoms with Gasteiger partial charge in [-0.3, -0.25) is 4.79 Å². The van der Waals surface area contributed by atoms with Gasteiger partial charge in [0.1, 0.15) is 0 Å². The highest BCUT2D eigenvalue weighted by atomic mass is 16.4. The predicted octanol–water partition coefficient (Wildman–Crippen LogP) is 2.46. The van der Waals surface area contributed by atoms with Crippen LogP contribution in [-0.2, 0) is 4.79 Å². The van der Waals surface area contributed by atoms with E-state index in [9.17, 15) is 9.59 Å². The standard InChI is InChI=1S/C15H26N2O3/c1-2-13(11-6-4-3-5-7-11)16-15(20)17-9-8-12(10-17)14(18)19/h11-13H,2-10H2,1H3,(H,16,20)(H,18,19). The quantitative estimate of drug-likeness (QED) is 0.832. The van der Waals surface area contributed by atoms with Crippen LogP contribution in [0.15, 0.2) is 0 Å². The number of carbonyl (C=O) groups excluding carboxylic acids is 1. The van der Waals surface area contributed by atoms with Crippen LogP contribution in [0.5, 0.6) is 0 Å². The molecule has 2 unspecified atom stereocenters. The van der Waals surface area contributed by atoms with Gasteiger partial charge in [0, 0.05) is 19.1 Å². The first kappa shape index (κ1) is 15.1. The Labute approximate surface area is 120 Å². The van der Waals surface area contributed by atoms with Crippen molar-refractivity contribution in [2.75, 3.05) is 13.1 Å². The lowest BCUT2D eigenvalue weighted by molar-refractivity contribution is -0.141. The second-order valence-electron chi connectivity index (χ2n) is 6.13. The van der Waals surface area contributed by atoms with E-state index >= 15 is 0 Å². The van der Waals surface area contributed by atoms with Gasteiger partial charge in [0.25, 0.3) is 0 Å². The predicted molar refractivity (Wildman–Crippen MR) is 76.5 cm³/mol. The average molecular weight is 282 g/mol. The SMILES string of the molecule is CCC(NC(=O)N1CCC(C(=O)O)C1)C1CCCCC1. The third-order valence-electron chi connectivity index (χ3n) is 4.79. The van der Waals surface area contributed by atoms with Crippen LogP contribution in [0.3, 0.4) is 0 Å². The minimum Gasteiger partial charge on any atom is -0.481 e. The van der Waals surface area contributed by atoms with Crippen LogP contribution in [0.25, 0.3) is 0 Å². The lowest BCUT2D eigenvalue weighted by Gasteiger charge is -2.31. The van der Waals surface area contributed by atoms with Gasteiger partial charge >= 0.3 is 12.0 Å². The molecule has 2 atom stereocenters. The summed E-state index contributed by atoms with van der Waals surface area (Å²) in [6.45, 7) is 3.02. The first-order chi connectivity index (χ1) is 9.61. The molecule has 0 spiro atoms. The Hall–Kier alpha value is -1.26. The van der Waals surface area contributed by atoms with Crippen molar-refractivity contribution in [1.82, 2.24) is 10.2 Å². The summed E-state index contributed by atoms with van der Waals surface area (Å²) in [6.07, 6.45) is 7.78. The van der Waals surface area contributed by atoms with E-state index < -0.39 is 11.9 Å². The van der Waals surface area contributed by atoms with Crippen LogP contribution in [0, 0.1) is 11.8 Å². The normalized spacial score (nSPS) is 25.4. The number of hydrogen-bond donors (Lipinski definition) is 2. The van der Waals surface area contributed by atoms with Gasteiger partial charge in [0.15, 0.2) is 0 Å². The fraction of sp³-hybridized carbons (Fsp3) is 0.867. The van der Waals surface area contributed by atoms with E-state index in [4.69, 9.17) is 5.11 Å². The van der Waals surface area contributed by atoms with E-state index in [2.05, 4.69) is 12.2 Å². The topological polar surface area (TPSA) is 69.6 Å². The minimum atomic E-state index is -0.792. The molecular formula is C15H26N2O3. The molecule has 0 aromatic rings. The molecule has 2 N–H and O–H groups in total. The van der Waals surface area contributed by atoms with Gasteiger partial charge in [0.05, 0.1) is 5.92 Å². The number of carboxylic acids is 1. The maximum Gasteiger partial charge on any atom is 0.317 e. The Morgan fingerprint density at radius 2 is 1.95 bits per heavy atom. The molecule has 1 saturated heterocycles. The number of carbonyl (C=O) groups is 2. The van der Waals surface area contributed by atoms with E-state index in [1.54, 1.807) is 4.90 Å². The highest BCUT2D eigenvalue weighted by molar-refractivity contribution is 5.77. The summed E-state index contributed by atoms with van der Waals surface area (Å²) >= 11 is 0. The maximum absolute atomic E-state index is 12.2. The Balaban J connectivity index is 1.84. The number of nitrogens with one attached hydrogen (secondary N) is 1. The lowest BCUT2D eigenvalue weighted by atomic mass is 9.83. The second-order valence-corrected chi connectivity index (χ2v) is 6.13. The van der Waals surface area contributed by atoms with E-state index in [-0.39, 0.29) is 12.1 Å². The molecule has 0 radical (unpaired) electrons. The summed E-state index contributed by atoms with van der Waals surface area (Å²) in [5.74, 6) is -0.592. The van der Waals surface area contributed by atoms with Crippen LogP contribution >= 0.6 is 0 Å². The van der Waals surface area contributed by atoms with E-state index in [0.29, 0.717) is 25.4 Å². The summed E-state index contributed by atoms with van der Waals surface area (Å²) in [7, 11) is 0. The molecule has 1 heterocycles. The van der Waals surface area contributed by atoms with Gasteiger partial charge in [-0.25, -0.2) is 4.79 Å². The van der Waals surface area contributed by atoms with Gasteiger partial charge in [-0.05, 0) is 31.6 Å². The molecule has 5 heteroatoms. The number of rotatable bonds is 4. The Bertz CT molecular complexity index is 353. The van der Waals surface area contributed by atoms with Crippen molar-refractivity contribution in [3.8, 4) is 0 Å². The van der Waals surface area contributed by atoms with Crippen molar-refractivity contribution >= 4 is 12.0 Å². The molecule has 20 heavy (non-hydrogen) atoms. The molecule has 1 aliphatic heterocycles. The van der Waals surface area contributed by atoms with Gasteiger partial charge in [0.2, 0.25) is 0 Å². The maximum atomic E-state index is 12.2. The average Bonchev–Trinajstić information content (AvgIpc) is 2.95. The Morgan fingerprint density at radius 3 is 2.50 bits per heavy atom. The number of amides is 2. The van der Waals surface area contributed by atoms with Crippen molar-refractivity contribution in [1.29, 1.82) is 0 Å². The minimum absolute atomic E-state index is 0.0776. The Morgan fingerprint density at radius 1 is 1.25 bits per heavy atom. The fourth-order valence-electron chi connectivity index (χ4n) is 3.49. The molecular weight excluding hydrogens is 256 g/mol. The summed E-state index contributed by atoms with van der Waals surface area (Å²) in [4.78, 5) is 24.8. The number of likely N-dealkylation sites (tertiary alicyclic amines) is 1. The van der Waals surface area contributed by atoms with Crippen LogP contribution in [0.1, 0.15) is 51.9 Å². The van der Waals surface area contributed by atoms with E-state index in [1.165, 1.54) is 32.1 Å². The molecule has 0 aromatic carbocycles. The van der Waals surface area contributed by atoms with Crippen molar-refractivity contribution in [3.05, 3.63) is 0 Å². The van der Waals surface area contributed by atoms with Crippen molar-refractivity contribution in [3.63, 3.8) is 0 Å². The highest BCUT2D eigenvalue weighted by Gasteiger charge is 2.32. The van der Waals surface area contributed by atoms with Crippen molar-refractivity contribution < 1.29 is 14.7 Å². The third kappa shape index (κ3) is 3.64. The van der Waals surface area contributed by atoms with Crippen LogP contribution in [0.2, 0.25) is 0 Å². The first-order valence-electron chi connectivity index (χ1n) is 7.90. The van der Waals surface area contributed by atoms with Crippen LogP contribution in [0.4, 0.5) is 4.79 Å². The zero-order chi connectivity index (χ0) is 14.5. The summed E-state index contributed by atoms with van der Waals surface area (Å²) in [5.41, 5.74) is 0. The van der Waals surface area contributed by atoms with Gasteiger partial charge in [-0.1, -0.05) is 26.2 Å². The highest BCUT2D eigenvalue weighted by Crippen LogP contribution is 2.28. The van der Waals surface area contributed by atoms with Crippen molar-refractivity contribution in [2.24, 2.45) is 11.8 Å². The number of nitrogens with zero attached hydrogens (tertiary/aromatic N) is 1. The largest absolute Gasteiger partial charge is 0.481 e. The number of carboxylic acid groups (broad SMARTS) is 1. The second kappa shape index (κ2) is 6.95. The van der Waals surface area contributed by atoms with Gasteiger partial charge in [-0.2, -0.15) is 0 Å². The molecule has 0 bridgehead atoms. The molecule has 1 saturated carbocycles. The van der Waals surface area contributed by atoms with Gasteiger partial charge in [-0.15, -0.1) is 0 Å². The molecule has 2 amide bonds. The van der Waals surface area contributed by atoms with E-state index in [1.807, 2.05) is 0 Å². The molecule has 2 fully saturated rings. The molecule has 0 aromatic heterocycles. The van der Waals surface area contributed by atoms with Crippen LogP contribution in [-0.4, -0.2) is 41.1 Å². The summed E-state index contributed by atoms with van der Waals surface area (Å²) in [5, 5.41) is 12.1. The number of aliphatic carboxylic acids is 1. The Kier molecular flexibility index (Phi) is 5.26. The summed E-state index contributed by atoms with van der Waals surface area (Å²) < 4.78 is 0. The van der Waals surface area contributed by atoms with Crippen molar-refractivity contribution in [2.45, 2.75) is 57.9 Å². The number of hydrogen-bond acceptors (Lipinski definition) is 2. The first-order valence-corrected chi connectivity index (χ1v) is 7.90. The fourth-order valence-corrected chi connectivity index (χ4v) is 3.49. The molecule has 2 aliphatic rings.